The molecule has 1 rings (SSSR count). The van der Waals surface area contributed by atoms with Gasteiger partial charge in [0.25, 0.3) is 0 Å². The summed E-state index contributed by atoms with van der Waals surface area (Å²) in [6.07, 6.45) is 4.14. The number of phenolic OH excluding ortho intramolecular Hbond substituents is 1. The first-order chi connectivity index (χ1) is 6.74. The number of unbranched alkanes of at least 4 members (excludes halogenated alkanes) is 1. The predicted octanol–water partition coefficient (Wildman–Crippen LogP) is 2.45. The normalized spacial score (nSPS) is 12.7. The smallest absolute Gasteiger partial charge is 0.118 e. The van der Waals surface area contributed by atoms with Crippen molar-refractivity contribution in [2.75, 3.05) is 0 Å². The van der Waals surface area contributed by atoms with Crippen LogP contribution in [-0.4, -0.2) is 11.1 Å². The van der Waals surface area contributed by atoms with Gasteiger partial charge in [-0.3, -0.25) is 0 Å². The molecular weight excluding hydrogens is 174 g/mol. The van der Waals surface area contributed by atoms with Gasteiger partial charge in [0.05, 0.1) is 0 Å². The highest BCUT2D eigenvalue weighted by Gasteiger charge is 2.06. The van der Waals surface area contributed by atoms with E-state index in [1.165, 1.54) is 6.42 Å². The Balaban J connectivity index is 2.47. The van der Waals surface area contributed by atoms with Crippen LogP contribution >= 0.6 is 0 Å². The molecule has 1 aromatic rings. The van der Waals surface area contributed by atoms with Crippen molar-refractivity contribution >= 4 is 0 Å². The Labute approximate surface area is 85.8 Å². The van der Waals surface area contributed by atoms with Crippen LogP contribution in [0.2, 0.25) is 0 Å². The lowest BCUT2D eigenvalue weighted by Crippen LogP contribution is -2.22. The van der Waals surface area contributed by atoms with E-state index in [9.17, 15) is 5.11 Å². The van der Waals surface area contributed by atoms with Gasteiger partial charge in [0.1, 0.15) is 5.75 Å². The van der Waals surface area contributed by atoms with Crippen LogP contribution < -0.4 is 5.73 Å². The van der Waals surface area contributed by atoms with Crippen LogP contribution in [0.3, 0.4) is 0 Å². The molecule has 1 atom stereocenters. The third-order valence-corrected chi connectivity index (χ3v) is 2.40. The van der Waals surface area contributed by atoms with Crippen LogP contribution in [0.4, 0.5) is 0 Å². The van der Waals surface area contributed by atoms with Gasteiger partial charge in [0.2, 0.25) is 0 Å². The maximum Gasteiger partial charge on any atom is 0.118 e. The molecule has 0 aliphatic heterocycles. The highest BCUT2D eigenvalue weighted by molar-refractivity contribution is 5.32. The lowest BCUT2D eigenvalue weighted by Gasteiger charge is -2.11. The van der Waals surface area contributed by atoms with Crippen LogP contribution in [0.15, 0.2) is 24.3 Å². The molecule has 2 nitrogen and oxygen atoms in total. The van der Waals surface area contributed by atoms with Crippen LogP contribution in [0.25, 0.3) is 0 Å². The first kappa shape index (κ1) is 11.1. The summed E-state index contributed by atoms with van der Waals surface area (Å²) in [6, 6.07) is 7.57. The number of rotatable bonds is 5. The second-order valence-corrected chi connectivity index (χ2v) is 3.74. The van der Waals surface area contributed by atoms with Crippen molar-refractivity contribution in [2.24, 2.45) is 5.73 Å². The zero-order valence-corrected chi connectivity index (χ0v) is 8.74. The van der Waals surface area contributed by atoms with E-state index in [1.807, 2.05) is 18.2 Å². The Bertz CT molecular complexity index is 273. The molecule has 1 unspecified atom stereocenters. The van der Waals surface area contributed by atoms with Gasteiger partial charge in [0, 0.05) is 6.04 Å². The number of hydrogen-bond donors (Lipinski definition) is 2. The summed E-state index contributed by atoms with van der Waals surface area (Å²) in [7, 11) is 0. The Hall–Kier alpha value is -1.02. The van der Waals surface area contributed by atoms with Crippen molar-refractivity contribution in [3.05, 3.63) is 29.8 Å². The van der Waals surface area contributed by atoms with Gasteiger partial charge in [-0.15, -0.1) is 0 Å². The fourth-order valence-electron chi connectivity index (χ4n) is 1.53. The molecule has 0 aromatic heterocycles. The number of para-hydroxylation sites is 1. The minimum atomic E-state index is 0.170. The van der Waals surface area contributed by atoms with Crippen molar-refractivity contribution in [1.29, 1.82) is 0 Å². The molecule has 3 N–H and O–H groups in total. The Kier molecular flexibility index (Phi) is 4.47. The lowest BCUT2D eigenvalue weighted by atomic mass is 10.0. The van der Waals surface area contributed by atoms with E-state index in [2.05, 4.69) is 6.92 Å². The SMILES string of the molecule is CCCCC(N)Cc1ccccc1O. The molecule has 0 bridgehead atoms. The fourth-order valence-corrected chi connectivity index (χ4v) is 1.53. The molecule has 1 aromatic carbocycles. The molecule has 0 saturated heterocycles. The molecule has 0 aliphatic rings. The number of aromatic hydroxyl groups is 1. The zero-order valence-electron chi connectivity index (χ0n) is 8.74. The number of hydrogen-bond acceptors (Lipinski definition) is 2. The summed E-state index contributed by atoms with van der Waals surface area (Å²) in [6.45, 7) is 2.16. The Morgan fingerprint density at radius 2 is 2.07 bits per heavy atom. The summed E-state index contributed by atoms with van der Waals surface area (Å²) >= 11 is 0. The van der Waals surface area contributed by atoms with Gasteiger partial charge in [-0.25, -0.2) is 0 Å². The van der Waals surface area contributed by atoms with E-state index in [4.69, 9.17) is 5.73 Å². The summed E-state index contributed by atoms with van der Waals surface area (Å²) in [5, 5.41) is 9.53. The number of benzene rings is 1. The summed E-state index contributed by atoms with van der Waals surface area (Å²) < 4.78 is 0. The lowest BCUT2D eigenvalue weighted by molar-refractivity contribution is 0.462. The van der Waals surface area contributed by atoms with Gasteiger partial charge in [-0.05, 0) is 24.5 Å². The molecule has 14 heavy (non-hydrogen) atoms. The monoisotopic (exact) mass is 193 g/mol. The molecule has 0 amide bonds. The molecule has 0 fully saturated rings. The van der Waals surface area contributed by atoms with Crippen molar-refractivity contribution in [1.82, 2.24) is 0 Å². The highest BCUT2D eigenvalue weighted by atomic mass is 16.3. The van der Waals surface area contributed by atoms with E-state index in [0.717, 1.165) is 24.8 Å². The van der Waals surface area contributed by atoms with E-state index in [0.29, 0.717) is 5.75 Å². The number of phenols is 1. The maximum atomic E-state index is 9.53. The van der Waals surface area contributed by atoms with Gasteiger partial charge < -0.3 is 10.8 Å². The van der Waals surface area contributed by atoms with E-state index in [1.54, 1.807) is 6.07 Å². The van der Waals surface area contributed by atoms with Gasteiger partial charge >= 0.3 is 0 Å². The quantitative estimate of drug-likeness (QED) is 0.754. The molecule has 78 valence electrons. The summed E-state index contributed by atoms with van der Waals surface area (Å²) in [5.74, 6) is 0.361. The molecule has 0 radical (unpaired) electrons. The van der Waals surface area contributed by atoms with Crippen LogP contribution in [0.5, 0.6) is 5.75 Å². The van der Waals surface area contributed by atoms with E-state index < -0.39 is 0 Å². The van der Waals surface area contributed by atoms with Crippen molar-refractivity contribution in [3.63, 3.8) is 0 Å². The van der Waals surface area contributed by atoms with E-state index >= 15 is 0 Å². The Morgan fingerprint density at radius 1 is 1.36 bits per heavy atom. The Morgan fingerprint density at radius 3 is 2.71 bits per heavy atom. The van der Waals surface area contributed by atoms with Crippen molar-refractivity contribution in [2.45, 2.75) is 38.6 Å². The molecule has 0 aliphatic carbocycles. The number of nitrogens with two attached hydrogens (primary N) is 1. The second kappa shape index (κ2) is 5.66. The molecular formula is C12H19NO. The average Bonchev–Trinajstić information content (AvgIpc) is 2.18. The minimum absolute atomic E-state index is 0.170. The topological polar surface area (TPSA) is 46.2 Å². The highest BCUT2D eigenvalue weighted by Crippen LogP contribution is 2.18. The molecule has 0 saturated carbocycles. The largest absolute Gasteiger partial charge is 0.508 e. The standard InChI is InChI=1S/C12H19NO/c1-2-3-7-11(13)9-10-6-4-5-8-12(10)14/h4-6,8,11,14H,2-3,7,9,13H2,1H3. The van der Waals surface area contributed by atoms with Crippen LogP contribution in [0.1, 0.15) is 31.7 Å². The van der Waals surface area contributed by atoms with Gasteiger partial charge in [0.15, 0.2) is 0 Å². The third-order valence-electron chi connectivity index (χ3n) is 2.40. The summed E-state index contributed by atoms with van der Waals surface area (Å²) in [4.78, 5) is 0. The first-order valence-corrected chi connectivity index (χ1v) is 5.26. The maximum absolute atomic E-state index is 9.53. The van der Waals surface area contributed by atoms with Crippen LogP contribution in [0, 0.1) is 0 Å². The molecule has 0 heterocycles. The fraction of sp³-hybridized carbons (Fsp3) is 0.500. The van der Waals surface area contributed by atoms with E-state index in [-0.39, 0.29) is 6.04 Å². The first-order valence-electron chi connectivity index (χ1n) is 5.26. The van der Waals surface area contributed by atoms with Crippen LogP contribution in [-0.2, 0) is 6.42 Å². The average molecular weight is 193 g/mol. The summed E-state index contributed by atoms with van der Waals surface area (Å²) in [5.41, 5.74) is 6.90. The van der Waals surface area contributed by atoms with Crippen molar-refractivity contribution in [3.8, 4) is 5.75 Å². The zero-order chi connectivity index (χ0) is 10.4. The molecule has 0 spiro atoms. The predicted molar refractivity (Wildman–Crippen MR) is 59.3 cm³/mol. The third kappa shape index (κ3) is 3.38. The van der Waals surface area contributed by atoms with Crippen molar-refractivity contribution < 1.29 is 5.11 Å². The molecule has 2 heteroatoms. The second-order valence-electron chi connectivity index (χ2n) is 3.74. The minimum Gasteiger partial charge on any atom is -0.508 e. The van der Waals surface area contributed by atoms with Gasteiger partial charge in [-0.1, -0.05) is 38.0 Å². The van der Waals surface area contributed by atoms with Gasteiger partial charge in [-0.2, -0.15) is 0 Å².